The molecule has 7 aromatic rings. The summed E-state index contributed by atoms with van der Waals surface area (Å²) < 4.78 is 5.97. The SMILES string of the molecule is Cc1cnc(-c2[c-]ccc(Cc3ccccc3)c2)cc1CC(C)C.[Ir].[c-]1ccc2c(oc3ccccc32)c1-c1ccccn1. The summed E-state index contributed by atoms with van der Waals surface area (Å²) in [6.07, 6.45) is 5.80. The van der Waals surface area contributed by atoms with Crippen molar-refractivity contribution in [1.29, 1.82) is 0 Å². The maximum Gasteiger partial charge on any atom is 0.120 e. The average molecular weight is 751 g/mol. The molecule has 7 rings (SSSR count). The molecule has 3 heterocycles. The van der Waals surface area contributed by atoms with Crippen LogP contribution in [-0.2, 0) is 32.9 Å². The molecule has 4 aromatic carbocycles. The Labute approximate surface area is 273 Å². The summed E-state index contributed by atoms with van der Waals surface area (Å²) in [5.74, 6) is 0.646. The summed E-state index contributed by atoms with van der Waals surface area (Å²) in [4.78, 5) is 9.01. The van der Waals surface area contributed by atoms with Gasteiger partial charge in [-0.3, -0.25) is 0 Å². The summed E-state index contributed by atoms with van der Waals surface area (Å²) in [6.45, 7) is 6.66. The van der Waals surface area contributed by atoms with Crippen molar-refractivity contribution in [3.63, 3.8) is 0 Å². The third-order valence-corrected chi connectivity index (χ3v) is 7.50. The molecule has 0 unspecified atom stereocenters. The zero-order chi connectivity index (χ0) is 29.6. The molecule has 0 aliphatic carbocycles. The van der Waals surface area contributed by atoms with Crippen LogP contribution in [0.15, 0.2) is 126 Å². The standard InChI is InChI=1S/C23H24N.C17H10NO.Ir/c1-17(2)12-22-15-23(24-16-18(22)3)21-11-7-10-20(14-21)13-19-8-5-4-6-9-19;1-2-10-16-12(6-1)13-7-5-8-14(17(13)19-16)15-9-3-4-11-18-15;/h4-10,14-17H,12-13H2,1-3H3;1-7,9-11H;/q2*-1;. The number of aromatic nitrogens is 2. The minimum atomic E-state index is 0. The van der Waals surface area contributed by atoms with Crippen LogP contribution in [-0.4, -0.2) is 9.97 Å². The number of benzene rings is 4. The van der Waals surface area contributed by atoms with Crippen molar-refractivity contribution in [3.8, 4) is 22.5 Å². The Hall–Kier alpha value is -4.37. The minimum Gasteiger partial charge on any atom is -0.501 e. The number of fused-ring (bicyclic) bond motifs is 3. The van der Waals surface area contributed by atoms with Crippen molar-refractivity contribution >= 4 is 21.9 Å². The van der Waals surface area contributed by atoms with E-state index in [4.69, 9.17) is 4.42 Å². The van der Waals surface area contributed by atoms with Crippen LogP contribution in [0.4, 0.5) is 0 Å². The monoisotopic (exact) mass is 751 g/mol. The molecule has 3 aromatic heterocycles. The second kappa shape index (κ2) is 14.4. The van der Waals surface area contributed by atoms with Crippen LogP contribution < -0.4 is 0 Å². The third-order valence-electron chi connectivity index (χ3n) is 7.50. The Morgan fingerprint density at radius 2 is 1.50 bits per heavy atom. The van der Waals surface area contributed by atoms with Gasteiger partial charge in [0.15, 0.2) is 0 Å². The molecule has 3 nitrogen and oxygen atoms in total. The molecular formula is C40H34IrN2O-2. The van der Waals surface area contributed by atoms with Crippen LogP contribution >= 0.6 is 0 Å². The summed E-state index contributed by atoms with van der Waals surface area (Å²) in [5, 5.41) is 2.23. The first-order chi connectivity index (χ1) is 21.0. The fraction of sp³-hybridized carbons (Fsp3) is 0.150. The van der Waals surface area contributed by atoms with Gasteiger partial charge in [0.25, 0.3) is 0 Å². The average Bonchev–Trinajstić information content (AvgIpc) is 3.42. The van der Waals surface area contributed by atoms with E-state index in [1.807, 2.05) is 60.8 Å². The van der Waals surface area contributed by atoms with E-state index in [0.717, 1.165) is 57.3 Å². The van der Waals surface area contributed by atoms with Crippen LogP contribution in [0.1, 0.15) is 36.1 Å². The van der Waals surface area contributed by atoms with Gasteiger partial charge in [-0.05, 0) is 60.3 Å². The van der Waals surface area contributed by atoms with Crippen molar-refractivity contribution in [2.75, 3.05) is 0 Å². The predicted molar refractivity (Wildman–Crippen MR) is 177 cm³/mol. The largest absolute Gasteiger partial charge is 0.501 e. The molecule has 0 N–H and O–H groups in total. The Kier molecular flexibility index (Phi) is 10.2. The van der Waals surface area contributed by atoms with Crippen LogP contribution in [0.5, 0.6) is 0 Å². The summed E-state index contributed by atoms with van der Waals surface area (Å²) in [5.41, 5.74) is 10.9. The molecule has 0 saturated heterocycles. The van der Waals surface area contributed by atoms with E-state index < -0.39 is 0 Å². The molecule has 0 spiro atoms. The number of nitrogens with zero attached hydrogens (tertiary/aromatic N) is 2. The first kappa shape index (κ1) is 31.1. The van der Waals surface area contributed by atoms with Gasteiger partial charge in [-0.25, -0.2) is 0 Å². The van der Waals surface area contributed by atoms with Crippen molar-refractivity contribution in [2.45, 2.75) is 33.6 Å². The summed E-state index contributed by atoms with van der Waals surface area (Å²) in [6, 6.07) is 43.6. The molecule has 0 bridgehead atoms. The minimum absolute atomic E-state index is 0. The van der Waals surface area contributed by atoms with E-state index in [1.165, 1.54) is 22.3 Å². The van der Waals surface area contributed by atoms with Gasteiger partial charge in [0.05, 0.1) is 5.58 Å². The van der Waals surface area contributed by atoms with Gasteiger partial charge in [0, 0.05) is 37.9 Å². The van der Waals surface area contributed by atoms with Crippen LogP contribution in [0, 0.1) is 25.0 Å². The van der Waals surface area contributed by atoms with E-state index in [-0.39, 0.29) is 20.1 Å². The Bertz CT molecular complexity index is 1960. The van der Waals surface area contributed by atoms with Crippen molar-refractivity contribution in [2.24, 2.45) is 5.92 Å². The van der Waals surface area contributed by atoms with Crippen molar-refractivity contribution in [3.05, 3.63) is 156 Å². The molecule has 0 amide bonds. The van der Waals surface area contributed by atoms with Gasteiger partial charge in [-0.15, -0.1) is 53.6 Å². The quantitative estimate of drug-likeness (QED) is 0.159. The van der Waals surface area contributed by atoms with Crippen molar-refractivity contribution < 1.29 is 24.5 Å². The zero-order valence-corrected chi connectivity index (χ0v) is 27.6. The maximum atomic E-state index is 5.97. The molecular weight excluding hydrogens is 717 g/mol. The van der Waals surface area contributed by atoms with E-state index >= 15 is 0 Å². The number of pyridine rings is 2. The Morgan fingerprint density at radius 1 is 0.727 bits per heavy atom. The van der Waals surface area contributed by atoms with Gasteiger partial charge in [0.2, 0.25) is 0 Å². The number of rotatable bonds is 6. The number of hydrogen-bond donors (Lipinski definition) is 0. The topological polar surface area (TPSA) is 38.9 Å². The van der Waals surface area contributed by atoms with Crippen molar-refractivity contribution in [1.82, 2.24) is 9.97 Å². The Morgan fingerprint density at radius 3 is 2.30 bits per heavy atom. The molecule has 4 heteroatoms. The number of para-hydroxylation sites is 1. The smallest absolute Gasteiger partial charge is 0.120 e. The van der Waals surface area contributed by atoms with Gasteiger partial charge in [-0.1, -0.05) is 97.1 Å². The van der Waals surface area contributed by atoms with Gasteiger partial charge >= 0.3 is 0 Å². The third kappa shape index (κ3) is 7.22. The molecule has 0 aliphatic rings. The van der Waals surface area contributed by atoms with E-state index in [0.29, 0.717) is 5.92 Å². The fourth-order valence-electron chi connectivity index (χ4n) is 5.37. The van der Waals surface area contributed by atoms with E-state index in [9.17, 15) is 0 Å². The normalized spacial score (nSPS) is 10.8. The maximum absolute atomic E-state index is 5.97. The van der Waals surface area contributed by atoms with Crippen LogP contribution in [0.25, 0.3) is 44.5 Å². The van der Waals surface area contributed by atoms with E-state index in [2.05, 4.69) is 97.5 Å². The molecule has 0 saturated carbocycles. The first-order valence-corrected chi connectivity index (χ1v) is 14.8. The Balaban J connectivity index is 0.000000174. The molecule has 0 fully saturated rings. The number of hydrogen-bond acceptors (Lipinski definition) is 3. The second-order valence-corrected chi connectivity index (χ2v) is 11.3. The molecule has 1 radical (unpaired) electrons. The van der Waals surface area contributed by atoms with Gasteiger partial charge < -0.3 is 14.4 Å². The van der Waals surface area contributed by atoms with Crippen LogP contribution in [0.3, 0.4) is 0 Å². The first-order valence-electron chi connectivity index (χ1n) is 14.8. The summed E-state index contributed by atoms with van der Waals surface area (Å²) >= 11 is 0. The predicted octanol–water partition coefficient (Wildman–Crippen LogP) is 10.1. The molecule has 221 valence electrons. The van der Waals surface area contributed by atoms with E-state index in [1.54, 1.807) is 6.20 Å². The molecule has 0 aliphatic heterocycles. The fourth-order valence-corrected chi connectivity index (χ4v) is 5.37. The van der Waals surface area contributed by atoms with Crippen LogP contribution in [0.2, 0.25) is 0 Å². The zero-order valence-electron chi connectivity index (χ0n) is 25.2. The second-order valence-electron chi connectivity index (χ2n) is 11.3. The van der Waals surface area contributed by atoms with Gasteiger partial charge in [0.1, 0.15) is 5.58 Å². The number of furan rings is 1. The molecule has 44 heavy (non-hydrogen) atoms. The summed E-state index contributed by atoms with van der Waals surface area (Å²) in [7, 11) is 0. The number of aryl methyl sites for hydroxylation is 1. The van der Waals surface area contributed by atoms with Gasteiger partial charge in [-0.2, -0.15) is 0 Å². The molecule has 0 atom stereocenters.